The van der Waals surface area contributed by atoms with Crippen molar-refractivity contribution in [1.82, 2.24) is 4.57 Å². The predicted molar refractivity (Wildman–Crippen MR) is 254 cm³/mol. The average molecular weight is 767 g/mol. The molecule has 0 bridgehead atoms. The molecule has 2 aliphatic rings. The molecule has 0 saturated carbocycles. The van der Waals surface area contributed by atoms with Gasteiger partial charge in [0.05, 0.1) is 16.7 Å². The highest BCUT2D eigenvalue weighted by Crippen LogP contribution is 2.49. The SMILES string of the molecule is CC(C)(C)c1ccc(N2B3c4c(cc5c(oc6ccccc65)c4-n4c5ccc(-c6ccccc6)cc5c5cc(-c6ccccc6)cc3c54)-c3cc4ccccc4cc32)cc1. The number of anilines is 2. The molecule has 13 rings (SSSR count). The highest BCUT2D eigenvalue weighted by atomic mass is 16.3. The number of rotatable bonds is 3. The molecular weight excluding hydrogens is 727 g/mol. The molecule has 4 heterocycles. The summed E-state index contributed by atoms with van der Waals surface area (Å²) in [6.45, 7) is 6.72. The zero-order valence-corrected chi connectivity index (χ0v) is 33.7. The van der Waals surface area contributed by atoms with Crippen LogP contribution in [0.1, 0.15) is 26.3 Å². The second-order valence-electron chi connectivity index (χ2n) is 17.7. The monoisotopic (exact) mass is 766 g/mol. The number of para-hydroxylation sites is 1. The Labute approximate surface area is 348 Å². The molecule has 0 amide bonds. The highest BCUT2D eigenvalue weighted by molar-refractivity contribution is 6.94. The van der Waals surface area contributed by atoms with E-state index in [1.165, 1.54) is 93.8 Å². The molecule has 60 heavy (non-hydrogen) atoms. The number of hydrogen-bond donors (Lipinski definition) is 0. The lowest BCUT2D eigenvalue weighted by atomic mass is 9.43. The lowest BCUT2D eigenvalue weighted by Gasteiger charge is -2.42. The van der Waals surface area contributed by atoms with Gasteiger partial charge in [-0.3, -0.25) is 0 Å². The van der Waals surface area contributed by atoms with Gasteiger partial charge in [0, 0.05) is 38.5 Å². The van der Waals surface area contributed by atoms with Crippen LogP contribution in [-0.4, -0.2) is 11.4 Å². The maximum atomic E-state index is 7.09. The Bertz CT molecular complexity index is 3570. The Morgan fingerprint density at radius 2 is 1.17 bits per heavy atom. The smallest absolute Gasteiger partial charge is 0.333 e. The number of benzene rings is 9. The van der Waals surface area contributed by atoms with Gasteiger partial charge in [-0.05, 0) is 115 Å². The van der Waals surface area contributed by atoms with Gasteiger partial charge in [0.15, 0.2) is 5.58 Å². The van der Waals surface area contributed by atoms with E-state index in [9.17, 15) is 0 Å². The lowest BCUT2D eigenvalue weighted by molar-refractivity contribution is 0.590. The van der Waals surface area contributed by atoms with Gasteiger partial charge in [-0.25, -0.2) is 0 Å². The first kappa shape index (κ1) is 33.7. The normalized spacial score (nSPS) is 13.2. The van der Waals surface area contributed by atoms with Crippen molar-refractivity contribution in [1.29, 1.82) is 0 Å². The number of furan rings is 1. The van der Waals surface area contributed by atoms with E-state index in [1.54, 1.807) is 0 Å². The molecule has 0 aliphatic carbocycles. The van der Waals surface area contributed by atoms with E-state index in [0.717, 1.165) is 27.6 Å². The molecule has 0 radical (unpaired) electrons. The van der Waals surface area contributed by atoms with E-state index in [-0.39, 0.29) is 12.3 Å². The topological polar surface area (TPSA) is 21.3 Å². The van der Waals surface area contributed by atoms with Crippen LogP contribution in [0.4, 0.5) is 11.4 Å². The first-order valence-electron chi connectivity index (χ1n) is 21.0. The second kappa shape index (κ2) is 12.1. The Balaban J connectivity index is 1.24. The third kappa shape index (κ3) is 4.67. The Morgan fingerprint density at radius 3 is 1.92 bits per heavy atom. The summed E-state index contributed by atoms with van der Waals surface area (Å²) in [5, 5.41) is 7.21. The Hall–Kier alpha value is -7.30. The van der Waals surface area contributed by atoms with E-state index in [1.807, 2.05) is 0 Å². The van der Waals surface area contributed by atoms with Gasteiger partial charge in [-0.15, -0.1) is 0 Å². The summed E-state index contributed by atoms with van der Waals surface area (Å²) < 4.78 is 9.64. The predicted octanol–water partition coefficient (Wildman–Crippen LogP) is 13.7. The van der Waals surface area contributed by atoms with Gasteiger partial charge in [0.2, 0.25) is 0 Å². The average Bonchev–Trinajstić information content (AvgIpc) is 3.83. The molecule has 0 fully saturated rings. The van der Waals surface area contributed by atoms with Crippen LogP contribution < -0.4 is 15.7 Å². The van der Waals surface area contributed by atoms with E-state index in [0.29, 0.717) is 0 Å². The van der Waals surface area contributed by atoms with Gasteiger partial charge >= 0.3 is 6.85 Å². The number of aromatic nitrogens is 1. The molecule has 0 spiro atoms. The van der Waals surface area contributed by atoms with E-state index < -0.39 is 0 Å². The van der Waals surface area contributed by atoms with Crippen LogP contribution in [0.15, 0.2) is 186 Å². The summed E-state index contributed by atoms with van der Waals surface area (Å²) in [7, 11) is 0. The molecule has 0 saturated heterocycles. The zero-order chi connectivity index (χ0) is 39.9. The van der Waals surface area contributed by atoms with Gasteiger partial charge in [0.1, 0.15) is 5.58 Å². The highest BCUT2D eigenvalue weighted by Gasteiger charge is 2.45. The molecule has 3 nitrogen and oxygen atoms in total. The largest absolute Gasteiger partial charge is 0.454 e. The maximum Gasteiger partial charge on any atom is 0.333 e. The van der Waals surface area contributed by atoms with Gasteiger partial charge in [-0.2, -0.15) is 0 Å². The van der Waals surface area contributed by atoms with Gasteiger partial charge < -0.3 is 13.8 Å². The van der Waals surface area contributed by atoms with Crippen molar-refractivity contribution >= 4 is 83.7 Å². The minimum Gasteiger partial charge on any atom is -0.454 e. The molecule has 282 valence electrons. The summed E-state index contributed by atoms with van der Waals surface area (Å²) >= 11 is 0. The van der Waals surface area contributed by atoms with Crippen molar-refractivity contribution in [2.24, 2.45) is 0 Å². The number of fused-ring (bicyclic) bond motifs is 12. The lowest BCUT2D eigenvalue weighted by Crippen LogP contribution is -2.60. The van der Waals surface area contributed by atoms with Crippen molar-refractivity contribution in [2.75, 3.05) is 4.81 Å². The minimum atomic E-state index is -0.154. The van der Waals surface area contributed by atoms with Crippen LogP contribution in [0.25, 0.3) is 93.6 Å². The van der Waals surface area contributed by atoms with Crippen LogP contribution in [0.3, 0.4) is 0 Å². The maximum absolute atomic E-state index is 7.09. The Kier molecular flexibility index (Phi) is 6.80. The van der Waals surface area contributed by atoms with Gasteiger partial charge in [-0.1, -0.05) is 148 Å². The zero-order valence-electron chi connectivity index (χ0n) is 33.7. The molecule has 11 aromatic rings. The quantitative estimate of drug-likeness (QED) is 0.167. The summed E-state index contributed by atoms with van der Waals surface area (Å²) in [5.41, 5.74) is 19.0. The first-order chi connectivity index (χ1) is 29.4. The summed E-state index contributed by atoms with van der Waals surface area (Å²) in [6.07, 6.45) is 0. The first-order valence-corrected chi connectivity index (χ1v) is 21.0. The van der Waals surface area contributed by atoms with E-state index >= 15 is 0 Å². The molecule has 0 unspecified atom stereocenters. The summed E-state index contributed by atoms with van der Waals surface area (Å²) in [5.74, 6) is 0. The van der Waals surface area contributed by atoms with Crippen molar-refractivity contribution in [3.8, 4) is 39.1 Å². The van der Waals surface area contributed by atoms with Crippen molar-refractivity contribution < 1.29 is 4.42 Å². The van der Waals surface area contributed by atoms with E-state index in [4.69, 9.17) is 4.42 Å². The molecular formula is C56H39BN2O. The Morgan fingerprint density at radius 1 is 0.500 bits per heavy atom. The summed E-state index contributed by atoms with van der Waals surface area (Å²) in [6, 6.07) is 67.6. The minimum absolute atomic E-state index is 0.0295. The van der Waals surface area contributed by atoms with E-state index in [2.05, 4.69) is 212 Å². The fraction of sp³-hybridized carbons (Fsp3) is 0.0714. The van der Waals surface area contributed by atoms with Crippen molar-refractivity contribution in [3.63, 3.8) is 0 Å². The second-order valence-corrected chi connectivity index (χ2v) is 17.7. The fourth-order valence-corrected chi connectivity index (χ4v) is 10.4. The standard InChI is InChI=1S/C56H39BN2O/c1-56(2,3)40-23-25-41(26-24-40)59-50-32-37-19-11-10-18-36(37)28-43(50)45-33-47-42-20-12-13-21-51(42)60-55(47)54-52(45)57(59)48-31-39(35-16-8-5-9-17-35)30-46-44-29-38(34-14-6-4-7-15-34)22-27-49(44)58(54)53(46)48/h4-33H,1-3H3. The fourth-order valence-electron chi connectivity index (χ4n) is 10.4. The summed E-state index contributed by atoms with van der Waals surface area (Å²) in [4.78, 5) is 2.63. The van der Waals surface area contributed by atoms with Gasteiger partial charge in [0.25, 0.3) is 0 Å². The molecule has 9 aromatic carbocycles. The molecule has 2 aromatic heterocycles. The van der Waals surface area contributed by atoms with Crippen LogP contribution in [-0.2, 0) is 5.41 Å². The number of nitrogens with zero attached hydrogens (tertiary/aromatic N) is 2. The molecule has 4 heteroatoms. The molecule has 2 aliphatic heterocycles. The molecule has 0 N–H and O–H groups in total. The number of hydrogen-bond acceptors (Lipinski definition) is 2. The third-order valence-corrected chi connectivity index (χ3v) is 13.3. The van der Waals surface area contributed by atoms with Crippen LogP contribution in [0, 0.1) is 0 Å². The third-order valence-electron chi connectivity index (χ3n) is 13.3. The van der Waals surface area contributed by atoms with Crippen LogP contribution >= 0.6 is 0 Å². The van der Waals surface area contributed by atoms with Crippen LogP contribution in [0.2, 0.25) is 0 Å². The van der Waals surface area contributed by atoms with Crippen LogP contribution in [0.5, 0.6) is 0 Å². The van der Waals surface area contributed by atoms with Crippen molar-refractivity contribution in [3.05, 3.63) is 188 Å². The van der Waals surface area contributed by atoms with Crippen molar-refractivity contribution in [2.45, 2.75) is 26.2 Å². The molecule has 0 atom stereocenters.